The third-order valence-corrected chi connectivity index (χ3v) is 6.59. The lowest BCUT2D eigenvalue weighted by Gasteiger charge is -2.28. The van der Waals surface area contributed by atoms with E-state index in [1.165, 1.54) is 16.7 Å². The number of amides is 1. The first-order chi connectivity index (χ1) is 15.1. The molecule has 1 aromatic carbocycles. The van der Waals surface area contributed by atoms with Crippen molar-refractivity contribution in [3.8, 4) is 0 Å². The van der Waals surface area contributed by atoms with E-state index in [0.717, 1.165) is 45.2 Å². The molecule has 3 atom stereocenters. The van der Waals surface area contributed by atoms with Gasteiger partial charge in [-0.25, -0.2) is 4.68 Å². The molecule has 4 rings (SSSR count). The minimum absolute atomic E-state index is 0.0997. The van der Waals surface area contributed by atoms with E-state index in [2.05, 4.69) is 57.5 Å². The van der Waals surface area contributed by atoms with Gasteiger partial charge in [0.2, 0.25) is 5.91 Å². The summed E-state index contributed by atoms with van der Waals surface area (Å²) in [6.45, 7) is 8.50. The van der Waals surface area contributed by atoms with Crippen molar-refractivity contribution in [2.24, 2.45) is 5.92 Å². The summed E-state index contributed by atoms with van der Waals surface area (Å²) in [5.41, 5.74) is 3.93. The molecule has 1 fully saturated rings. The molecule has 164 valence electrons. The zero-order chi connectivity index (χ0) is 21.6. The molecule has 1 aliphatic heterocycles. The molecular formula is C24H32N6O. The molecule has 7 heteroatoms. The van der Waals surface area contributed by atoms with Gasteiger partial charge in [-0.15, -0.1) is 5.10 Å². The molecular weight excluding hydrogens is 388 g/mol. The number of hydrogen-bond donors (Lipinski definition) is 1. The first-order valence-electron chi connectivity index (χ1n) is 11.2. The van der Waals surface area contributed by atoms with Gasteiger partial charge < -0.3 is 5.32 Å². The summed E-state index contributed by atoms with van der Waals surface area (Å²) < 4.78 is 1.79. The quantitative estimate of drug-likeness (QED) is 0.665. The van der Waals surface area contributed by atoms with Crippen molar-refractivity contribution >= 4 is 5.91 Å². The average Bonchev–Trinajstić information content (AvgIpc) is 3.45. The highest BCUT2D eigenvalue weighted by Crippen LogP contribution is 2.32. The lowest BCUT2D eigenvalue weighted by molar-refractivity contribution is -0.125. The van der Waals surface area contributed by atoms with Crippen LogP contribution in [-0.4, -0.2) is 56.7 Å². The topological polar surface area (TPSA) is 75.9 Å². The first kappa shape index (κ1) is 21.4. The average molecular weight is 421 g/mol. The summed E-state index contributed by atoms with van der Waals surface area (Å²) in [7, 11) is 0. The predicted octanol–water partition coefficient (Wildman–Crippen LogP) is 2.95. The van der Waals surface area contributed by atoms with E-state index < -0.39 is 0 Å². The third kappa shape index (κ3) is 5.47. The Balaban J connectivity index is 1.39. The van der Waals surface area contributed by atoms with E-state index in [1.54, 1.807) is 11.0 Å². The van der Waals surface area contributed by atoms with Crippen LogP contribution in [0, 0.1) is 5.92 Å². The number of nitrogens with zero attached hydrogens (tertiary/aromatic N) is 5. The molecule has 1 N–H and O–H groups in total. The number of aromatic nitrogens is 4. The van der Waals surface area contributed by atoms with E-state index in [-0.39, 0.29) is 18.0 Å². The first-order valence-corrected chi connectivity index (χ1v) is 11.2. The van der Waals surface area contributed by atoms with Crippen LogP contribution in [0.3, 0.4) is 0 Å². The van der Waals surface area contributed by atoms with Crippen LogP contribution in [0.15, 0.2) is 60.5 Å². The highest BCUT2D eigenvalue weighted by Gasteiger charge is 2.38. The number of benzene rings is 1. The highest BCUT2D eigenvalue weighted by atomic mass is 16.2. The van der Waals surface area contributed by atoms with Crippen LogP contribution in [-0.2, 0) is 11.2 Å². The van der Waals surface area contributed by atoms with Crippen LogP contribution >= 0.6 is 0 Å². The van der Waals surface area contributed by atoms with Crippen LogP contribution < -0.4 is 5.32 Å². The molecule has 1 saturated heterocycles. The molecule has 2 heterocycles. The van der Waals surface area contributed by atoms with Gasteiger partial charge in [0.25, 0.3) is 0 Å². The Morgan fingerprint density at radius 1 is 1.29 bits per heavy atom. The summed E-state index contributed by atoms with van der Waals surface area (Å²) in [6.07, 6.45) is 8.86. The maximum absolute atomic E-state index is 13.1. The molecule has 0 bridgehead atoms. The van der Waals surface area contributed by atoms with Gasteiger partial charge >= 0.3 is 0 Å². The summed E-state index contributed by atoms with van der Waals surface area (Å²) in [5, 5.41) is 14.8. The largest absolute Gasteiger partial charge is 0.354 e. The van der Waals surface area contributed by atoms with Crippen molar-refractivity contribution in [1.82, 2.24) is 30.4 Å². The van der Waals surface area contributed by atoms with Gasteiger partial charge in [0, 0.05) is 19.6 Å². The second-order valence-electron chi connectivity index (χ2n) is 8.83. The van der Waals surface area contributed by atoms with Crippen molar-refractivity contribution < 1.29 is 4.79 Å². The van der Waals surface area contributed by atoms with Crippen LogP contribution in [0.5, 0.6) is 0 Å². The number of hydrogen-bond acceptors (Lipinski definition) is 5. The van der Waals surface area contributed by atoms with Gasteiger partial charge in [0.1, 0.15) is 6.33 Å². The maximum atomic E-state index is 13.1. The summed E-state index contributed by atoms with van der Waals surface area (Å²) in [5.74, 6) is 0.691. The zero-order valence-electron chi connectivity index (χ0n) is 18.3. The standard InChI is InChI=1S/C24H32N6O/c1-18(2)21-10-8-20(9-11-21)15-29-16-22(30-17-26-27-28-30)14-23(29)24(31)25-13-12-19-6-4-3-5-7-19/h3-8,17,21-23H,1,9-16H2,2H3,(H,25,31)/t21-,22+,23+/m1/s1. The molecule has 0 unspecified atom stereocenters. The second kappa shape index (κ2) is 10.0. The number of carbonyl (C=O) groups is 1. The van der Waals surface area contributed by atoms with Crippen LogP contribution in [0.25, 0.3) is 0 Å². The number of allylic oxidation sites excluding steroid dienone is 2. The molecule has 1 amide bonds. The second-order valence-corrected chi connectivity index (χ2v) is 8.83. The van der Waals surface area contributed by atoms with Gasteiger partial charge in [0.15, 0.2) is 0 Å². The van der Waals surface area contributed by atoms with E-state index in [0.29, 0.717) is 12.5 Å². The van der Waals surface area contributed by atoms with Crippen molar-refractivity contribution in [2.45, 2.75) is 51.1 Å². The fraction of sp³-hybridized carbons (Fsp3) is 0.500. The maximum Gasteiger partial charge on any atom is 0.237 e. The van der Waals surface area contributed by atoms with Crippen molar-refractivity contribution in [3.63, 3.8) is 0 Å². The molecule has 2 aliphatic rings. The fourth-order valence-electron chi connectivity index (χ4n) is 4.69. The normalized spacial score (nSPS) is 24.0. The molecule has 0 saturated carbocycles. The molecule has 2 aromatic rings. The van der Waals surface area contributed by atoms with Crippen molar-refractivity contribution in [3.05, 3.63) is 66.0 Å². The van der Waals surface area contributed by atoms with Crippen molar-refractivity contribution in [2.75, 3.05) is 19.6 Å². The Bertz CT molecular complexity index is 907. The van der Waals surface area contributed by atoms with Gasteiger partial charge in [-0.2, -0.15) is 0 Å². The Morgan fingerprint density at radius 2 is 2.13 bits per heavy atom. The number of nitrogens with one attached hydrogen (secondary N) is 1. The summed E-state index contributed by atoms with van der Waals surface area (Å²) in [4.78, 5) is 15.4. The molecule has 1 aliphatic carbocycles. The molecule has 0 spiro atoms. The molecule has 0 radical (unpaired) electrons. The van der Waals surface area contributed by atoms with E-state index in [4.69, 9.17) is 0 Å². The van der Waals surface area contributed by atoms with Gasteiger partial charge in [-0.3, -0.25) is 9.69 Å². The number of carbonyl (C=O) groups excluding carboxylic acids is 1. The minimum atomic E-state index is -0.162. The smallest absolute Gasteiger partial charge is 0.237 e. The summed E-state index contributed by atoms with van der Waals surface area (Å²) >= 11 is 0. The summed E-state index contributed by atoms with van der Waals surface area (Å²) in [6, 6.07) is 10.2. The zero-order valence-corrected chi connectivity index (χ0v) is 18.3. The Morgan fingerprint density at radius 3 is 2.81 bits per heavy atom. The SMILES string of the molecule is C=C(C)[C@@H]1CC=C(CN2C[C@@H](n3cnnn3)C[C@H]2C(=O)NCCc2ccccc2)CC1. The van der Waals surface area contributed by atoms with Crippen molar-refractivity contribution in [1.29, 1.82) is 0 Å². The van der Waals surface area contributed by atoms with Gasteiger partial charge in [-0.1, -0.05) is 54.1 Å². The number of likely N-dealkylation sites (tertiary alicyclic amines) is 1. The van der Waals surface area contributed by atoms with Crippen LogP contribution in [0.1, 0.15) is 44.2 Å². The van der Waals surface area contributed by atoms with E-state index in [9.17, 15) is 4.79 Å². The Labute approximate surface area is 184 Å². The third-order valence-electron chi connectivity index (χ3n) is 6.59. The van der Waals surface area contributed by atoms with Gasteiger partial charge in [-0.05, 0) is 60.9 Å². The molecule has 1 aromatic heterocycles. The predicted molar refractivity (Wildman–Crippen MR) is 120 cm³/mol. The number of tetrazole rings is 1. The van der Waals surface area contributed by atoms with Crippen LogP contribution in [0.4, 0.5) is 0 Å². The molecule has 7 nitrogen and oxygen atoms in total. The van der Waals surface area contributed by atoms with E-state index in [1.807, 2.05) is 18.2 Å². The Hall–Kier alpha value is -2.80. The van der Waals surface area contributed by atoms with Crippen LogP contribution in [0.2, 0.25) is 0 Å². The minimum Gasteiger partial charge on any atom is -0.354 e. The monoisotopic (exact) mass is 420 g/mol. The Kier molecular flexibility index (Phi) is 6.92. The highest BCUT2D eigenvalue weighted by molar-refractivity contribution is 5.82. The van der Waals surface area contributed by atoms with Gasteiger partial charge in [0.05, 0.1) is 12.1 Å². The fourth-order valence-corrected chi connectivity index (χ4v) is 4.69. The number of rotatable bonds is 8. The lowest BCUT2D eigenvalue weighted by Crippen LogP contribution is -2.44. The lowest BCUT2D eigenvalue weighted by atomic mass is 9.85. The van der Waals surface area contributed by atoms with E-state index >= 15 is 0 Å². The molecule has 31 heavy (non-hydrogen) atoms.